The van der Waals surface area contributed by atoms with E-state index in [1.165, 1.54) is 19.3 Å². The molecule has 5 atom stereocenters. The summed E-state index contributed by atoms with van der Waals surface area (Å²) in [7, 11) is 0. The summed E-state index contributed by atoms with van der Waals surface area (Å²) in [5.74, 6) is 0.877. The summed E-state index contributed by atoms with van der Waals surface area (Å²) in [5.41, 5.74) is -0.877. The molecule has 0 aromatic carbocycles. The minimum absolute atomic E-state index is 0.154. The zero-order chi connectivity index (χ0) is 17.5. The van der Waals surface area contributed by atoms with Crippen LogP contribution >= 0.6 is 0 Å². The largest absolute Gasteiger partial charge is 0.390 e. The molecule has 2 aliphatic carbocycles. The Morgan fingerprint density at radius 1 is 1.22 bits per heavy atom. The Bertz CT molecular complexity index is 442. The van der Waals surface area contributed by atoms with E-state index in [4.69, 9.17) is 0 Å². The van der Waals surface area contributed by atoms with Crippen LogP contribution in [0.4, 0.5) is 0 Å². The highest BCUT2D eigenvalue weighted by Crippen LogP contribution is 2.63. The Kier molecular flexibility index (Phi) is 5.08. The van der Waals surface area contributed by atoms with Gasteiger partial charge in [0.2, 0.25) is 0 Å². The third kappa shape index (κ3) is 3.38. The highest BCUT2D eigenvalue weighted by molar-refractivity contribution is 5.08. The molecule has 0 spiro atoms. The highest BCUT2D eigenvalue weighted by Gasteiger charge is 2.57. The van der Waals surface area contributed by atoms with E-state index in [1.54, 1.807) is 6.08 Å². The van der Waals surface area contributed by atoms with Crippen LogP contribution in [0.25, 0.3) is 0 Å². The monoisotopic (exact) mass is 324 g/mol. The fraction of sp³-hybridized carbons (Fsp3) is 0.900. The van der Waals surface area contributed by atoms with Crippen LogP contribution in [0.3, 0.4) is 0 Å². The van der Waals surface area contributed by atoms with Crippen molar-refractivity contribution < 1.29 is 15.3 Å². The molecule has 2 aliphatic rings. The van der Waals surface area contributed by atoms with Gasteiger partial charge in [0.1, 0.15) is 5.60 Å². The van der Waals surface area contributed by atoms with Crippen LogP contribution in [-0.2, 0) is 4.89 Å². The van der Waals surface area contributed by atoms with Gasteiger partial charge in [-0.3, -0.25) is 5.26 Å². The fourth-order valence-electron chi connectivity index (χ4n) is 5.88. The molecule has 3 nitrogen and oxygen atoms in total. The fourth-order valence-corrected chi connectivity index (χ4v) is 5.88. The molecule has 0 aromatic heterocycles. The van der Waals surface area contributed by atoms with Gasteiger partial charge in [-0.1, -0.05) is 33.3 Å². The molecular formula is C20H36O3. The van der Waals surface area contributed by atoms with Gasteiger partial charge in [0, 0.05) is 0 Å². The van der Waals surface area contributed by atoms with Gasteiger partial charge in [0.25, 0.3) is 0 Å². The molecule has 2 saturated carbocycles. The lowest BCUT2D eigenvalue weighted by Crippen LogP contribution is -2.57. The summed E-state index contributed by atoms with van der Waals surface area (Å²) in [6.07, 6.45) is 8.87. The normalized spacial score (nSPS) is 42.6. The Hall–Kier alpha value is -0.380. The number of rotatable bonds is 5. The molecule has 3 heteroatoms. The molecule has 0 unspecified atom stereocenters. The van der Waals surface area contributed by atoms with Gasteiger partial charge < -0.3 is 5.11 Å². The summed E-state index contributed by atoms with van der Waals surface area (Å²) in [5, 5.41) is 20.3. The van der Waals surface area contributed by atoms with Crippen molar-refractivity contribution in [1.82, 2.24) is 0 Å². The predicted octanol–water partition coefficient (Wildman–Crippen LogP) is 5.19. The van der Waals surface area contributed by atoms with Crippen LogP contribution < -0.4 is 0 Å². The van der Waals surface area contributed by atoms with Crippen molar-refractivity contribution in [3.8, 4) is 0 Å². The number of fused-ring (bicyclic) bond motifs is 1. The molecule has 2 N–H and O–H groups in total. The molecule has 23 heavy (non-hydrogen) atoms. The van der Waals surface area contributed by atoms with E-state index in [9.17, 15) is 10.4 Å². The van der Waals surface area contributed by atoms with Gasteiger partial charge in [-0.2, -0.15) is 0 Å². The second kappa shape index (κ2) is 6.16. The van der Waals surface area contributed by atoms with E-state index in [1.807, 2.05) is 13.8 Å². The standard InChI is InChI=1S/C20H36O3/c1-7-18(4,23-22)13-9-16-19(5)12-8-11-17(2,3)15(19)10-14-20(16,6)21/h7,15-16,21-22H,1,8-14H2,2-6H3/t15-,16+,18+,19-,20+/m0/s1. The quantitative estimate of drug-likeness (QED) is 0.415. The zero-order valence-corrected chi connectivity index (χ0v) is 15.7. The summed E-state index contributed by atoms with van der Waals surface area (Å²) < 4.78 is 0. The molecule has 0 aliphatic heterocycles. The molecule has 2 fully saturated rings. The molecule has 0 radical (unpaired) electrons. The maximum Gasteiger partial charge on any atom is 0.118 e. The first kappa shape index (κ1) is 19.0. The van der Waals surface area contributed by atoms with Crippen molar-refractivity contribution in [1.29, 1.82) is 0 Å². The van der Waals surface area contributed by atoms with Crippen LogP contribution in [0, 0.1) is 22.7 Å². The molecular weight excluding hydrogens is 288 g/mol. The summed E-state index contributed by atoms with van der Waals surface area (Å²) >= 11 is 0. The maximum atomic E-state index is 11.1. The van der Waals surface area contributed by atoms with Crippen LogP contribution in [0.2, 0.25) is 0 Å². The average molecular weight is 325 g/mol. The van der Waals surface area contributed by atoms with E-state index >= 15 is 0 Å². The van der Waals surface area contributed by atoms with Crippen molar-refractivity contribution in [2.24, 2.45) is 22.7 Å². The van der Waals surface area contributed by atoms with Crippen molar-refractivity contribution in [3.63, 3.8) is 0 Å². The van der Waals surface area contributed by atoms with Gasteiger partial charge >= 0.3 is 0 Å². The van der Waals surface area contributed by atoms with Crippen LogP contribution in [0.15, 0.2) is 12.7 Å². The van der Waals surface area contributed by atoms with E-state index in [0.29, 0.717) is 17.8 Å². The topological polar surface area (TPSA) is 49.7 Å². The van der Waals surface area contributed by atoms with Gasteiger partial charge in [-0.05, 0) is 75.0 Å². The summed E-state index contributed by atoms with van der Waals surface area (Å²) in [6, 6.07) is 0. The number of hydrogen-bond donors (Lipinski definition) is 2. The molecule has 134 valence electrons. The SMILES string of the molecule is C=C[C@](C)(CC[C@@H]1[C@@]2(C)CCCC(C)(C)[C@@H]2CC[C@@]1(C)O)OO. The van der Waals surface area contributed by atoms with E-state index in [-0.39, 0.29) is 11.3 Å². The summed E-state index contributed by atoms with van der Waals surface area (Å²) in [4.78, 5) is 4.66. The van der Waals surface area contributed by atoms with Gasteiger partial charge in [-0.15, -0.1) is 6.58 Å². The predicted molar refractivity (Wildman–Crippen MR) is 94.1 cm³/mol. The van der Waals surface area contributed by atoms with E-state index in [0.717, 1.165) is 19.3 Å². The first-order valence-electron chi connectivity index (χ1n) is 9.19. The lowest BCUT2D eigenvalue weighted by Gasteiger charge is -2.61. The molecule has 0 saturated heterocycles. The Morgan fingerprint density at radius 3 is 2.43 bits per heavy atom. The zero-order valence-electron chi connectivity index (χ0n) is 15.7. The lowest BCUT2D eigenvalue weighted by atomic mass is 9.45. The molecule has 0 heterocycles. The van der Waals surface area contributed by atoms with Gasteiger partial charge in [0.05, 0.1) is 5.60 Å². The molecule has 2 rings (SSSR count). The van der Waals surface area contributed by atoms with Gasteiger partial charge in [-0.25, -0.2) is 4.89 Å². The minimum Gasteiger partial charge on any atom is -0.390 e. The molecule has 0 bridgehead atoms. The molecule has 0 aromatic rings. The van der Waals surface area contributed by atoms with Crippen molar-refractivity contribution in [2.75, 3.05) is 0 Å². The van der Waals surface area contributed by atoms with Crippen molar-refractivity contribution in [2.45, 2.75) is 90.8 Å². The second-order valence-corrected chi connectivity index (χ2v) is 9.50. The van der Waals surface area contributed by atoms with E-state index < -0.39 is 11.2 Å². The Morgan fingerprint density at radius 2 is 1.87 bits per heavy atom. The third-order valence-electron chi connectivity index (χ3n) is 7.33. The van der Waals surface area contributed by atoms with Crippen LogP contribution in [0.1, 0.15) is 79.6 Å². The lowest BCUT2D eigenvalue weighted by molar-refractivity contribution is -0.306. The third-order valence-corrected chi connectivity index (χ3v) is 7.33. The van der Waals surface area contributed by atoms with Crippen LogP contribution in [-0.4, -0.2) is 21.6 Å². The number of hydrogen-bond acceptors (Lipinski definition) is 3. The maximum absolute atomic E-state index is 11.1. The minimum atomic E-state index is -0.733. The van der Waals surface area contributed by atoms with Crippen LogP contribution in [0.5, 0.6) is 0 Å². The Labute approximate surface area is 142 Å². The molecule has 0 amide bonds. The number of aliphatic hydroxyl groups is 1. The van der Waals surface area contributed by atoms with Gasteiger partial charge in [0.15, 0.2) is 0 Å². The second-order valence-electron chi connectivity index (χ2n) is 9.50. The first-order chi connectivity index (χ1) is 10.5. The highest BCUT2D eigenvalue weighted by atomic mass is 17.1. The summed E-state index contributed by atoms with van der Waals surface area (Å²) in [6.45, 7) is 14.8. The first-order valence-corrected chi connectivity index (χ1v) is 9.19. The van der Waals surface area contributed by atoms with E-state index in [2.05, 4.69) is 32.2 Å². The van der Waals surface area contributed by atoms with Crippen molar-refractivity contribution in [3.05, 3.63) is 12.7 Å². The smallest absolute Gasteiger partial charge is 0.118 e. The average Bonchev–Trinajstić information content (AvgIpc) is 2.44. The van der Waals surface area contributed by atoms with Crippen molar-refractivity contribution >= 4 is 0 Å². The Balaban J connectivity index is 2.27.